The van der Waals surface area contributed by atoms with E-state index in [1.54, 1.807) is 0 Å². The van der Waals surface area contributed by atoms with Crippen LogP contribution in [0.1, 0.15) is 41.6 Å². The van der Waals surface area contributed by atoms with Gasteiger partial charge in [0, 0.05) is 17.0 Å². The fourth-order valence-corrected chi connectivity index (χ4v) is 4.04. The van der Waals surface area contributed by atoms with Crippen LogP contribution < -0.4 is 5.48 Å². The van der Waals surface area contributed by atoms with E-state index in [4.69, 9.17) is 5.21 Å². The van der Waals surface area contributed by atoms with Crippen molar-refractivity contribution in [2.45, 2.75) is 25.3 Å². The first kappa shape index (κ1) is 21.1. The second-order valence-corrected chi connectivity index (χ2v) is 7.41. The van der Waals surface area contributed by atoms with Crippen molar-refractivity contribution in [3.05, 3.63) is 56.3 Å². The molecule has 3 rings (SSSR count). The van der Waals surface area contributed by atoms with Crippen LogP contribution in [0, 0.1) is 0 Å². The lowest BCUT2D eigenvalue weighted by atomic mass is 10.0. The van der Waals surface area contributed by atoms with Gasteiger partial charge in [-0.05, 0) is 36.2 Å². The van der Waals surface area contributed by atoms with Gasteiger partial charge < -0.3 is 4.90 Å². The predicted octanol–water partition coefficient (Wildman–Crippen LogP) is 4.10. The summed E-state index contributed by atoms with van der Waals surface area (Å²) in [5, 5.41) is 8.68. The highest BCUT2D eigenvalue weighted by Crippen LogP contribution is 2.37. The molecule has 1 aliphatic heterocycles. The number of carbonyl (C=O) groups excluding carboxylic acids is 2. The number of thiophene rings is 1. The molecular weight excluding hydrogens is 426 g/mol. The van der Waals surface area contributed by atoms with Crippen LogP contribution in [-0.4, -0.2) is 28.5 Å². The Morgan fingerprint density at radius 3 is 2.10 bits per heavy atom. The average molecular weight is 438 g/mol. The SMILES string of the molecule is O=C(NO)c1cc2c(s1)CN(C(=O)c1cc(C(F)(F)F)cc(C(F)(F)F)c1)CC2. The summed E-state index contributed by atoms with van der Waals surface area (Å²) < 4.78 is 78.0. The largest absolute Gasteiger partial charge is 0.416 e. The van der Waals surface area contributed by atoms with Gasteiger partial charge in [-0.15, -0.1) is 11.3 Å². The Morgan fingerprint density at radius 1 is 1.00 bits per heavy atom. The standard InChI is InChI=1S/C17H12F6N2O3S/c18-16(19,20)10-3-9(4-11(6-10)17(21,22)23)15(27)25-2-1-8-5-12(14(26)24-28)29-13(8)7-25/h3-6,28H,1-2,7H2,(H,24,26). The molecular formula is C17H12F6N2O3S. The first-order valence-electron chi connectivity index (χ1n) is 8.05. The van der Waals surface area contributed by atoms with E-state index >= 15 is 0 Å². The van der Waals surface area contributed by atoms with Gasteiger partial charge in [-0.3, -0.25) is 14.8 Å². The van der Waals surface area contributed by atoms with E-state index < -0.39 is 40.9 Å². The van der Waals surface area contributed by atoms with Crippen molar-refractivity contribution in [3.8, 4) is 0 Å². The summed E-state index contributed by atoms with van der Waals surface area (Å²) in [5.41, 5.74) is -1.66. The monoisotopic (exact) mass is 438 g/mol. The van der Waals surface area contributed by atoms with E-state index in [0.29, 0.717) is 17.0 Å². The summed E-state index contributed by atoms with van der Waals surface area (Å²) in [7, 11) is 0. The highest BCUT2D eigenvalue weighted by atomic mass is 32.1. The van der Waals surface area contributed by atoms with Crippen LogP contribution in [0.5, 0.6) is 0 Å². The van der Waals surface area contributed by atoms with E-state index in [1.165, 1.54) is 11.5 Å². The zero-order chi connectivity index (χ0) is 21.6. The van der Waals surface area contributed by atoms with Crippen molar-refractivity contribution in [2.75, 3.05) is 6.54 Å². The van der Waals surface area contributed by atoms with E-state index in [-0.39, 0.29) is 30.5 Å². The van der Waals surface area contributed by atoms with Crippen LogP contribution in [0.2, 0.25) is 0 Å². The van der Waals surface area contributed by atoms with Crippen molar-refractivity contribution in [1.82, 2.24) is 10.4 Å². The molecule has 2 amide bonds. The Morgan fingerprint density at radius 2 is 1.59 bits per heavy atom. The Hall–Kier alpha value is -2.60. The molecule has 1 aliphatic rings. The minimum absolute atomic E-state index is 0.0376. The number of amides is 2. The molecule has 0 saturated carbocycles. The molecule has 0 fully saturated rings. The number of rotatable bonds is 2. The van der Waals surface area contributed by atoms with Gasteiger partial charge in [0.15, 0.2) is 0 Å². The van der Waals surface area contributed by atoms with Crippen LogP contribution in [0.4, 0.5) is 26.3 Å². The Bertz CT molecular complexity index is 935. The number of hydroxylamine groups is 1. The predicted molar refractivity (Wildman–Crippen MR) is 88.5 cm³/mol. The molecule has 0 atom stereocenters. The number of carbonyl (C=O) groups is 2. The molecule has 0 radical (unpaired) electrons. The minimum atomic E-state index is -5.05. The van der Waals surface area contributed by atoms with Crippen molar-refractivity contribution in [3.63, 3.8) is 0 Å². The van der Waals surface area contributed by atoms with Gasteiger partial charge in [-0.25, -0.2) is 5.48 Å². The molecule has 1 aromatic heterocycles. The van der Waals surface area contributed by atoms with Crippen molar-refractivity contribution in [2.24, 2.45) is 0 Å². The molecule has 5 nitrogen and oxygen atoms in total. The maximum atomic E-state index is 13.0. The van der Waals surface area contributed by atoms with Gasteiger partial charge in [0.1, 0.15) is 0 Å². The Labute approximate surface area is 163 Å². The molecule has 2 aromatic rings. The third-order valence-electron chi connectivity index (χ3n) is 4.33. The van der Waals surface area contributed by atoms with Crippen LogP contribution in [0.25, 0.3) is 0 Å². The van der Waals surface area contributed by atoms with Gasteiger partial charge in [0.25, 0.3) is 11.8 Å². The van der Waals surface area contributed by atoms with E-state index in [2.05, 4.69) is 0 Å². The smallest absolute Gasteiger partial charge is 0.333 e. The first-order valence-corrected chi connectivity index (χ1v) is 8.86. The van der Waals surface area contributed by atoms with Gasteiger partial charge in [-0.2, -0.15) is 26.3 Å². The summed E-state index contributed by atoms with van der Waals surface area (Å²) in [5.74, 6) is -1.73. The second kappa shape index (κ2) is 7.34. The number of hydrogen-bond acceptors (Lipinski definition) is 4. The summed E-state index contributed by atoms with van der Waals surface area (Å²) in [6, 6.07) is 2.27. The number of halogens is 6. The Balaban J connectivity index is 1.92. The van der Waals surface area contributed by atoms with Crippen LogP contribution in [0.3, 0.4) is 0 Å². The summed E-state index contributed by atoms with van der Waals surface area (Å²) >= 11 is 0.973. The average Bonchev–Trinajstić information content (AvgIpc) is 3.08. The normalized spacial score (nSPS) is 14.5. The summed E-state index contributed by atoms with van der Waals surface area (Å²) in [6.45, 7) is -0.0184. The molecule has 1 aromatic carbocycles. The van der Waals surface area contributed by atoms with Crippen LogP contribution in [-0.2, 0) is 25.3 Å². The lowest BCUT2D eigenvalue weighted by molar-refractivity contribution is -0.143. The van der Waals surface area contributed by atoms with Gasteiger partial charge in [0.2, 0.25) is 0 Å². The van der Waals surface area contributed by atoms with Gasteiger partial charge >= 0.3 is 12.4 Å². The molecule has 0 aliphatic carbocycles. The zero-order valence-corrected chi connectivity index (χ0v) is 15.1. The van der Waals surface area contributed by atoms with Gasteiger partial charge in [0.05, 0.1) is 22.5 Å². The number of hydrogen-bond donors (Lipinski definition) is 2. The van der Waals surface area contributed by atoms with Crippen molar-refractivity contribution < 1.29 is 41.1 Å². The minimum Gasteiger partial charge on any atom is -0.333 e. The first-order chi connectivity index (χ1) is 13.4. The molecule has 0 bridgehead atoms. The number of fused-ring (bicyclic) bond motifs is 1. The van der Waals surface area contributed by atoms with E-state index in [1.807, 2.05) is 0 Å². The fourth-order valence-electron chi connectivity index (χ4n) is 2.92. The maximum Gasteiger partial charge on any atom is 0.416 e. The number of alkyl halides is 6. The van der Waals surface area contributed by atoms with E-state index in [0.717, 1.165) is 21.8 Å². The Kier molecular flexibility index (Phi) is 5.34. The maximum absolute atomic E-state index is 13.0. The molecule has 2 N–H and O–H groups in total. The molecule has 2 heterocycles. The van der Waals surface area contributed by atoms with Crippen LogP contribution >= 0.6 is 11.3 Å². The summed E-state index contributed by atoms with van der Waals surface area (Å²) in [6.07, 6.45) is -9.83. The quantitative estimate of drug-likeness (QED) is 0.422. The van der Waals surface area contributed by atoms with Gasteiger partial charge in [-0.1, -0.05) is 0 Å². The molecule has 0 spiro atoms. The lowest BCUT2D eigenvalue weighted by Gasteiger charge is -2.27. The fraction of sp³-hybridized carbons (Fsp3) is 0.294. The molecule has 0 saturated heterocycles. The van der Waals surface area contributed by atoms with Crippen molar-refractivity contribution in [1.29, 1.82) is 0 Å². The zero-order valence-electron chi connectivity index (χ0n) is 14.3. The third-order valence-corrected chi connectivity index (χ3v) is 5.49. The molecule has 29 heavy (non-hydrogen) atoms. The topological polar surface area (TPSA) is 69.6 Å². The number of benzene rings is 1. The number of nitrogens with one attached hydrogen (secondary N) is 1. The van der Waals surface area contributed by atoms with Crippen molar-refractivity contribution >= 4 is 23.2 Å². The highest BCUT2D eigenvalue weighted by molar-refractivity contribution is 7.14. The highest BCUT2D eigenvalue weighted by Gasteiger charge is 2.38. The van der Waals surface area contributed by atoms with Crippen LogP contribution in [0.15, 0.2) is 24.3 Å². The lowest BCUT2D eigenvalue weighted by Crippen LogP contribution is -2.35. The molecule has 12 heteroatoms. The summed E-state index contributed by atoms with van der Waals surface area (Å²) in [4.78, 5) is 26.0. The number of nitrogens with zero attached hydrogens (tertiary/aromatic N) is 1. The molecule has 156 valence electrons. The molecule has 0 unspecified atom stereocenters. The second-order valence-electron chi connectivity index (χ2n) is 6.27. The van der Waals surface area contributed by atoms with E-state index in [9.17, 15) is 35.9 Å². The third kappa shape index (κ3) is 4.37.